The highest BCUT2D eigenvalue weighted by Crippen LogP contribution is 2.26. The minimum Gasteiger partial charge on any atom is -0.311 e. The number of Topliss-reactive ketones (excluding diaryl/α,β-unsaturated/α-hetero) is 1. The van der Waals surface area contributed by atoms with E-state index in [9.17, 15) is 23.2 Å². The summed E-state index contributed by atoms with van der Waals surface area (Å²) in [7, 11) is 0. The average Bonchev–Trinajstić information content (AvgIpc) is 2.97. The normalized spacial score (nSPS) is 15.4. The monoisotopic (exact) mass is 590 g/mol. The van der Waals surface area contributed by atoms with Gasteiger partial charge < -0.3 is 9.98 Å². The van der Waals surface area contributed by atoms with Crippen molar-refractivity contribution < 1.29 is 18.4 Å². The van der Waals surface area contributed by atoms with Crippen molar-refractivity contribution in [2.24, 2.45) is 11.8 Å². The number of allylic oxidation sites excluding steroid dienone is 4. The Morgan fingerprint density at radius 2 is 1.79 bits per heavy atom. The largest absolute Gasteiger partial charge is 0.311 e. The quantitative estimate of drug-likeness (QED) is 0.213. The highest BCUT2D eigenvalue weighted by atomic mass is 35.5. The van der Waals surface area contributed by atoms with Crippen molar-refractivity contribution >= 4 is 28.9 Å². The van der Waals surface area contributed by atoms with Crippen LogP contribution in [0.3, 0.4) is 0 Å². The summed E-state index contributed by atoms with van der Waals surface area (Å²) in [5.74, 6) is -2.17. The Morgan fingerprint density at radius 1 is 1.02 bits per heavy atom. The number of carbonyl (C=O) groups excluding carboxylic acids is 2. The number of pyridine rings is 1. The van der Waals surface area contributed by atoms with Gasteiger partial charge in [0.2, 0.25) is 0 Å². The Kier molecular flexibility index (Phi) is 10.5. The fraction of sp³-hybridized carbons (Fsp3) is 0.294. The Hall–Kier alpha value is -3.97. The minimum atomic E-state index is -0.597. The third-order valence-corrected chi connectivity index (χ3v) is 7.89. The van der Waals surface area contributed by atoms with E-state index in [0.29, 0.717) is 48.4 Å². The molecule has 2 aromatic carbocycles. The van der Waals surface area contributed by atoms with Crippen LogP contribution in [-0.4, -0.2) is 21.8 Å². The van der Waals surface area contributed by atoms with Gasteiger partial charge in [-0.1, -0.05) is 42.8 Å². The van der Waals surface area contributed by atoms with Crippen molar-refractivity contribution in [2.75, 3.05) is 0 Å². The van der Waals surface area contributed by atoms with Gasteiger partial charge in [0.1, 0.15) is 11.6 Å². The third kappa shape index (κ3) is 7.85. The fourth-order valence-electron chi connectivity index (χ4n) is 5.16. The van der Waals surface area contributed by atoms with Crippen LogP contribution in [0.5, 0.6) is 0 Å². The highest BCUT2D eigenvalue weighted by molar-refractivity contribution is 6.31. The van der Waals surface area contributed by atoms with E-state index >= 15 is 0 Å². The molecular weight excluding hydrogens is 558 g/mol. The van der Waals surface area contributed by atoms with Crippen LogP contribution in [0, 0.1) is 28.9 Å². The zero-order valence-electron chi connectivity index (χ0n) is 23.4. The van der Waals surface area contributed by atoms with Crippen molar-refractivity contribution in [1.29, 1.82) is 5.41 Å². The molecule has 5 nitrogen and oxygen atoms in total. The molecule has 0 spiro atoms. The van der Waals surface area contributed by atoms with Crippen molar-refractivity contribution in [3.8, 4) is 0 Å². The van der Waals surface area contributed by atoms with Crippen molar-refractivity contribution in [3.63, 3.8) is 0 Å². The van der Waals surface area contributed by atoms with Crippen LogP contribution in [0.1, 0.15) is 55.7 Å². The molecule has 0 saturated carbocycles. The summed E-state index contributed by atoms with van der Waals surface area (Å²) in [5.41, 5.74) is 1.58. The van der Waals surface area contributed by atoms with Gasteiger partial charge in [-0.2, -0.15) is 0 Å². The summed E-state index contributed by atoms with van der Waals surface area (Å²) >= 11 is 6.04. The topological polar surface area (TPSA) is 80.0 Å². The van der Waals surface area contributed by atoms with Crippen LogP contribution in [-0.2, 0) is 22.6 Å². The van der Waals surface area contributed by atoms with Crippen LogP contribution in [0.25, 0.3) is 0 Å². The minimum absolute atomic E-state index is 0.0635. The van der Waals surface area contributed by atoms with Gasteiger partial charge in [-0.05, 0) is 92.1 Å². The van der Waals surface area contributed by atoms with Gasteiger partial charge in [0, 0.05) is 46.0 Å². The molecule has 3 aromatic rings. The number of halogens is 3. The lowest BCUT2D eigenvalue weighted by molar-refractivity contribution is -0.119. The van der Waals surface area contributed by atoms with Crippen LogP contribution in [0.4, 0.5) is 8.78 Å². The summed E-state index contributed by atoms with van der Waals surface area (Å²) in [6, 6.07) is 13.9. The first-order valence-corrected chi connectivity index (χ1v) is 14.5. The first kappa shape index (κ1) is 31.0. The number of ketones is 2. The number of hydrogen-bond acceptors (Lipinski definition) is 4. The molecule has 1 aliphatic rings. The molecule has 0 bridgehead atoms. The second-order valence-corrected chi connectivity index (χ2v) is 11.0. The summed E-state index contributed by atoms with van der Waals surface area (Å²) in [6.45, 7) is 1.85. The number of hydrogen-bond donors (Lipinski definition) is 1. The van der Waals surface area contributed by atoms with Gasteiger partial charge in [-0.25, -0.2) is 8.78 Å². The van der Waals surface area contributed by atoms with E-state index in [1.54, 1.807) is 42.5 Å². The molecule has 1 aliphatic carbocycles. The van der Waals surface area contributed by atoms with Crippen molar-refractivity contribution in [2.45, 2.75) is 52.0 Å². The molecule has 1 aromatic heterocycles. The molecule has 0 saturated heterocycles. The van der Waals surface area contributed by atoms with E-state index in [1.165, 1.54) is 22.9 Å². The van der Waals surface area contributed by atoms with Crippen molar-refractivity contribution in [1.82, 2.24) is 4.57 Å². The van der Waals surface area contributed by atoms with Gasteiger partial charge in [0.15, 0.2) is 11.6 Å². The van der Waals surface area contributed by atoms with Gasteiger partial charge in [-0.3, -0.25) is 14.4 Å². The van der Waals surface area contributed by atoms with Crippen LogP contribution in [0.2, 0.25) is 5.02 Å². The summed E-state index contributed by atoms with van der Waals surface area (Å²) < 4.78 is 30.9. The molecule has 2 unspecified atom stereocenters. The number of nitrogens with zero attached hydrogens (tertiary/aromatic N) is 1. The SMILES string of the molecule is CCC(CCC(=N)c1cccc(Cl)c1)C(=O)C1=CC(CCCc2cc(F)c(Cn3ccccc3=O)cc2F)C(=O)C=C1. The Morgan fingerprint density at radius 3 is 2.52 bits per heavy atom. The Bertz CT molecular complexity index is 1610. The lowest BCUT2D eigenvalue weighted by atomic mass is 9.83. The summed E-state index contributed by atoms with van der Waals surface area (Å²) in [4.78, 5) is 37.8. The van der Waals surface area contributed by atoms with Gasteiger partial charge in [-0.15, -0.1) is 0 Å². The van der Waals surface area contributed by atoms with Gasteiger partial charge in [0.25, 0.3) is 5.56 Å². The smallest absolute Gasteiger partial charge is 0.250 e. The van der Waals surface area contributed by atoms with E-state index in [2.05, 4.69) is 0 Å². The van der Waals surface area contributed by atoms with Gasteiger partial charge in [0.05, 0.1) is 6.54 Å². The maximum atomic E-state index is 14.8. The van der Waals surface area contributed by atoms with E-state index in [1.807, 2.05) is 13.0 Å². The number of rotatable bonds is 13. The fourth-order valence-corrected chi connectivity index (χ4v) is 5.35. The molecule has 8 heteroatoms. The standard InChI is InChI=1S/C34H33ClF2N2O3/c1-2-22(12-14-31(38)24-8-6-10-28(35)18-24)34(42)26-13-15-32(40)25(17-26)9-5-7-23-19-30(37)27(20-29(23)36)21-39-16-4-3-11-33(39)41/h3-4,6,8,10-11,13,15-20,22,25,38H,2,5,7,9,12,14,21H2,1H3. The predicted molar refractivity (Wildman–Crippen MR) is 161 cm³/mol. The van der Waals surface area contributed by atoms with E-state index in [4.69, 9.17) is 17.0 Å². The third-order valence-electron chi connectivity index (χ3n) is 7.65. The zero-order valence-corrected chi connectivity index (χ0v) is 24.2. The molecule has 0 fully saturated rings. The molecule has 1 heterocycles. The van der Waals surface area contributed by atoms with Crippen LogP contribution in [0.15, 0.2) is 89.4 Å². The highest BCUT2D eigenvalue weighted by Gasteiger charge is 2.25. The molecule has 42 heavy (non-hydrogen) atoms. The maximum Gasteiger partial charge on any atom is 0.250 e. The second kappa shape index (κ2) is 14.3. The summed E-state index contributed by atoms with van der Waals surface area (Å²) in [5, 5.41) is 8.93. The van der Waals surface area contributed by atoms with Crippen LogP contribution >= 0.6 is 11.6 Å². The number of benzene rings is 2. The molecule has 4 rings (SSSR count). The number of nitrogens with one attached hydrogen (secondary N) is 1. The summed E-state index contributed by atoms with van der Waals surface area (Å²) in [6.07, 6.45) is 8.74. The Labute approximate surface area is 249 Å². The molecule has 1 N–H and O–H groups in total. The Balaban J connectivity index is 1.35. The van der Waals surface area contributed by atoms with E-state index in [0.717, 1.165) is 17.7 Å². The molecular formula is C34H33ClF2N2O3. The van der Waals surface area contributed by atoms with E-state index in [-0.39, 0.29) is 47.1 Å². The van der Waals surface area contributed by atoms with Crippen LogP contribution < -0.4 is 5.56 Å². The molecule has 0 aliphatic heterocycles. The number of aryl methyl sites for hydroxylation is 1. The number of aromatic nitrogens is 1. The predicted octanol–water partition coefficient (Wildman–Crippen LogP) is 7.28. The second-order valence-electron chi connectivity index (χ2n) is 10.6. The van der Waals surface area contributed by atoms with E-state index < -0.39 is 17.6 Å². The molecule has 0 amide bonds. The van der Waals surface area contributed by atoms with Gasteiger partial charge >= 0.3 is 0 Å². The molecule has 2 atom stereocenters. The average molecular weight is 591 g/mol. The lowest BCUT2D eigenvalue weighted by Gasteiger charge is -2.19. The zero-order chi connectivity index (χ0) is 30.2. The maximum absolute atomic E-state index is 14.8. The first-order valence-electron chi connectivity index (χ1n) is 14.1. The first-order chi connectivity index (χ1) is 20.2. The number of carbonyl (C=O) groups is 2. The van der Waals surface area contributed by atoms with Crippen molar-refractivity contribution in [3.05, 3.63) is 128 Å². The molecule has 218 valence electrons. The molecule has 0 radical (unpaired) electrons. The lowest BCUT2D eigenvalue weighted by Crippen LogP contribution is -2.21.